The lowest BCUT2D eigenvalue weighted by Gasteiger charge is -2.26. The zero-order chi connectivity index (χ0) is 28.1. The topological polar surface area (TPSA) is 152 Å². The Hall–Kier alpha value is -3.13. The summed E-state index contributed by atoms with van der Waals surface area (Å²) in [5.41, 5.74) is -14.9. The maximum absolute atomic E-state index is 15.0. The monoisotopic (exact) mass is 585 g/mol. The molecule has 0 bridgehead atoms. The van der Waals surface area contributed by atoms with E-state index in [1.165, 1.54) is 0 Å². The highest BCUT2D eigenvalue weighted by Gasteiger charge is 2.51. The van der Waals surface area contributed by atoms with Gasteiger partial charge >= 0.3 is 37.2 Å². The third-order valence-corrected chi connectivity index (χ3v) is 7.71. The number of fused-ring (bicyclic) bond motifs is 1. The molecule has 1 saturated carbocycles. The molecule has 20 heteroatoms. The molecular formula is C17H14F7N3O8S2. The van der Waals surface area contributed by atoms with Crippen LogP contribution in [0.25, 0.3) is 10.9 Å². The molecule has 0 spiro atoms. The second-order valence-electron chi connectivity index (χ2n) is 7.52. The third-order valence-electron chi connectivity index (χ3n) is 4.97. The minimum Gasteiger partial charge on any atom is -0.449 e. The molecule has 1 heterocycles. The summed E-state index contributed by atoms with van der Waals surface area (Å²) >= 11 is 0. The zero-order valence-electron chi connectivity index (χ0n) is 17.8. The minimum atomic E-state index is -6.50. The van der Waals surface area contributed by atoms with Crippen LogP contribution < -0.4 is 19.2 Å². The number of carbonyl (C=O) groups is 1. The van der Waals surface area contributed by atoms with Crippen LogP contribution in [0.5, 0.6) is 5.75 Å². The Morgan fingerprint density at radius 1 is 1.11 bits per heavy atom. The standard InChI is InChI=1S/C17H14F7N3O8S2/c18-10-5-9-11(26(8-1-2-8)7-13(14(9)28)35-15(29)30)6-12(10)27(37(33,34)17(22,23)24)4-3-25-36(31,32)16(19,20)21/h5-8,25H,1-4H2,(H,29,30). The Morgan fingerprint density at radius 2 is 1.70 bits per heavy atom. The van der Waals surface area contributed by atoms with E-state index in [0.29, 0.717) is 25.0 Å². The largest absolute Gasteiger partial charge is 0.516 e. The summed E-state index contributed by atoms with van der Waals surface area (Å²) in [6.07, 6.45) is -0.167. The molecule has 0 radical (unpaired) electrons. The van der Waals surface area contributed by atoms with Gasteiger partial charge in [0.05, 0.1) is 22.8 Å². The Morgan fingerprint density at radius 3 is 2.19 bits per heavy atom. The zero-order valence-corrected chi connectivity index (χ0v) is 19.4. The van der Waals surface area contributed by atoms with Crippen LogP contribution in [0.2, 0.25) is 0 Å². The van der Waals surface area contributed by atoms with E-state index in [-0.39, 0.29) is 5.52 Å². The number of benzene rings is 1. The van der Waals surface area contributed by atoms with Crippen molar-refractivity contribution in [3.63, 3.8) is 0 Å². The second-order valence-corrected chi connectivity index (χ2v) is 11.1. The van der Waals surface area contributed by atoms with Crippen LogP contribution in [0, 0.1) is 5.82 Å². The molecule has 1 aliphatic rings. The van der Waals surface area contributed by atoms with Crippen LogP contribution in [-0.2, 0) is 20.0 Å². The summed E-state index contributed by atoms with van der Waals surface area (Å²) in [6.45, 7) is -3.18. The summed E-state index contributed by atoms with van der Waals surface area (Å²) in [6, 6.07) is 0.347. The molecule has 0 atom stereocenters. The molecule has 0 amide bonds. The van der Waals surface area contributed by atoms with E-state index in [9.17, 15) is 57.2 Å². The molecule has 2 N–H and O–H groups in total. The fourth-order valence-electron chi connectivity index (χ4n) is 3.20. The van der Waals surface area contributed by atoms with Crippen LogP contribution in [-0.4, -0.2) is 56.8 Å². The third kappa shape index (κ3) is 5.59. The van der Waals surface area contributed by atoms with Gasteiger partial charge in [-0.1, -0.05) is 0 Å². The van der Waals surface area contributed by atoms with Gasteiger partial charge in [-0.3, -0.25) is 9.10 Å². The van der Waals surface area contributed by atoms with Gasteiger partial charge in [-0.25, -0.2) is 22.3 Å². The molecule has 2 aromatic rings. The van der Waals surface area contributed by atoms with Crippen molar-refractivity contribution >= 4 is 42.8 Å². The number of nitrogens with zero attached hydrogens (tertiary/aromatic N) is 2. The number of hydrogen-bond donors (Lipinski definition) is 2. The molecule has 0 saturated heterocycles. The summed E-state index contributed by atoms with van der Waals surface area (Å²) in [5.74, 6) is -2.55. The quantitative estimate of drug-likeness (QED) is 0.355. The maximum atomic E-state index is 15.0. The lowest BCUT2D eigenvalue weighted by molar-refractivity contribution is -0.0453. The molecule has 1 fully saturated rings. The number of rotatable bonds is 8. The van der Waals surface area contributed by atoms with Gasteiger partial charge in [-0.2, -0.15) is 34.8 Å². The number of aromatic nitrogens is 1. The van der Waals surface area contributed by atoms with E-state index in [1.807, 2.05) is 0 Å². The van der Waals surface area contributed by atoms with Gasteiger partial charge in [-0.15, -0.1) is 0 Å². The molecular weight excluding hydrogens is 571 g/mol. The van der Waals surface area contributed by atoms with Crippen molar-refractivity contribution in [3.8, 4) is 5.75 Å². The van der Waals surface area contributed by atoms with Gasteiger partial charge in [0.2, 0.25) is 5.43 Å². The van der Waals surface area contributed by atoms with E-state index < -0.39 is 88.7 Å². The van der Waals surface area contributed by atoms with Gasteiger partial charge < -0.3 is 14.4 Å². The molecule has 1 aromatic heterocycles. The van der Waals surface area contributed by atoms with Gasteiger partial charge in [0.15, 0.2) is 5.75 Å². The molecule has 1 aromatic carbocycles. The summed E-state index contributed by atoms with van der Waals surface area (Å²) in [7, 11) is -12.6. The molecule has 0 unspecified atom stereocenters. The average molecular weight is 585 g/mol. The van der Waals surface area contributed by atoms with E-state index >= 15 is 0 Å². The van der Waals surface area contributed by atoms with E-state index in [0.717, 1.165) is 15.5 Å². The average Bonchev–Trinajstić information content (AvgIpc) is 3.56. The molecule has 206 valence electrons. The number of pyridine rings is 1. The highest BCUT2D eigenvalue weighted by atomic mass is 32.2. The summed E-state index contributed by atoms with van der Waals surface area (Å²) in [5, 5.41) is 8.19. The minimum absolute atomic E-state index is 0.305. The van der Waals surface area contributed by atoms with Gasteiger partial charge in [0.1, 0.15) is 5.82 Å². The first-order valence-electron chi connectivity index (χ1n) is 9.72. The van der Waals surface area contributed by atoms with Crippen molar-refractivity contribution in [1.82, 2.24) is 9.29 Å². The Bertz CT molecular complexity index is 1510. The van der Waals surface area contributed by atoms with Crippen molar-refractivity contribution in [2.75, 3.05) is 17.4 Å². The Balaban J connectivity index is 2.18. The lowest BCUT2D eigenvalue weighted by atomic mass is 10.1. The first-order valence-corrected chi connectivity index (χ1v) is 12.6. The van der Waals surface area contributed by atoms with Crippen LogP contribution in [0.1, 0.15) is 18.9 Å². The smallest absolute Gasteiger partial charge is 0.449 e. The molecule has 0 aliphatic heterocycles. The van der Waals surface area contributed by atoms with Crippen LogP contribution >= 0.6 is 0 Å². The number of carboxylic acid groups (broad SMARTS) is 1. The normalized spacial score (nSPS) is 15.1. The van der Waals surface area contributed by atoms with Gasteiger partial charge in [0.25, 0.3) is 0 Å². The highest BCUT2D eigenvalue weighted by Crippen LogP contribution is 2.40. The SMILES string of the molecule is O=C(O)Oc1cn(C2CC2)c2cc(N(CCNS(=O)(=O)C(F)(F)F)S(=O)(=O)C(F)(F)F)c(F)cc2c1=O. The van der Waals surface area contributed by atoms with Crippen LogP contribution in [0.15, 0.2) is 23.1 Å². The van der Waals surface area contributed by atoms with Crippen LogP contribution in [0.4, 0.5) is 41.2 Å². The van der Waals surface area contributed by atoms with Crippen molar-refractivity contribution in [2.24, 2.45) is 0 Å². The van der Waals surface area contributed by atoms with E-state index in [4.69, 9.17) is 5.11 Å². The predicted octanol–water partition coefficient (Wildman–Crippen LogP) is 2.63. The number of alkyl halides is 6. The number of halogens is 7. The van der Waals surface area contributed by atoms with Gasteiger partial charge in [0, 0.05) is 19.1 Å². The van der Waals surface area contributed by atoms with Gasteiger partial charge in [-0.05, 0) is 25.0 Å². The highest BCUT2D eigenvalue weighted by molar-refractivity contribution is 7.93. The number of sulfonamides is 2. The van der Waals surface area contributed by atoms with Crippen molar-refractivity contribution < 1.29 is 62.2 Å². The van der Waals surface area contributed by atoms with Crippen molar-refractivity contribution in [2.45, 2.75) is 29.9 Å². The maximum Gasteiger partial charge on any atom is 0.516 e. The Labute approximate surface area is 202 Å². The number of hydrogen-bond acceptors (Lipinski definition) is 7. The van der Waals surface area contributed by atoms with Crippen LogP contribution in [0.3, 0.4) is 0 Å². The van der Waals surface area contributed by atoms with Crippen molar-refractivity contribution in [3.05, 3.63) is 34.4 Å². The number of anilines is 1. The second kappa shape index (κ2) is 9.31. The predicted molar refractivity (Wildman–Crippen MR) is 110 cm³/mol. The lowest BCUT2D eigenvalue weighted by Crippen LogP contribution is -2.46. The number of ether oxygens (including phenoxy) is 1. The first-order chi connectivity index (χ1) is 16.8. The number of nitrogens with one attached hydrogen (secondary N) is 1. The van der Waals surface area contributed by atoms with E-state index in [1.54, 1.807) is 0 Å². The summed E-state index contributed by atoms with van der Waals surface area (Å²) < 4.78 is 145. The fourth-order valence-corrected chi connectivity index (χ4v) is 4.71. The molecule has 1 aliphatic carbocycles. The van der Waals surface area contributed by atoms with Crippen molar-refractivity contribution in [1.29, 1.82) is 0 Å². The fraction of sp³-hybridized carbons (Fsp3) is 0.412. The Kier molecular flexibility index (Phi) is 7.16. The van der Waals surface area contributed by atoms with E-state index in [2.05, 4.69) is 4.74 Å². The molecule has 37 heavy (non-hydrogen) atoms. The molecule has 11 nitrogen and oxygen atoms in total. The summed E-state index contributed by atoms with van der Waals surface area (Å²) in [4.78, 5) is 23.4. The first kappa shape index (κ1) is 28.4. The molecule has 3 rings (SSSR count).